The molecule has 2 heterocycles. The molecule has 100 valence electrons. The van der Waals surface area contributed by atoms with Crippen LogP contribution in [0.1, 0.15) is 30.0 Å². The van der Waals surface area contributed by atoms with Crippen molar-refractivity contribution in [2.45, 2.75) is 26.3 Å². The van der Waals surface area contributed by atoms with E-state index < -0.39 is 17.9 Å². The van der Waals surface area contributed by atoms with Crippen molar-refractivity contribution < 1.29 is 14.7 Å². The number of aromatic nitrogens is 2. The van der Waals surface area contributed by atoms with E-state index in [9.17, 15) is 9.59 Å². The van der Waals surface area contributed by atoms with Crippen LogP contribution in [0.5, 0.6) is 0 Å². The smallest absolute Gasteiger partial charge is 0.325 e. The summed E-state index contributed by atoms with van der Waals surface area (Å²) in [5, 5.41) is 11.3. The molecule has 0 bridgehead atoms. The molecule has 2 aromatic heterocycles. The van der Waals surface area contributed by atoms with Crippen molar-refractivity contribution in [2.24, 2.45) is 0 Å². The summed E-state index contributed by atoms with van der Waals surface area (Å²) in [6, 6.07) is 4.50. The number of amides is 1. The maximum Gasteiger partial charge on any atom is 0.325 e. The third-order valence-corrected chi connectivity index (χ3v) is 2.87. The number of rotatable bonds is 4. The zero-order chi connectivity index (χ0) is 14.0. The maximum atomic E-state index is 12.2. The first-order valence-corrected chi connectivity index (χ1v) is 6.04. The van der Waals surface area contributed by atoms with Crippen LogP contribution < -0.4 is 5.32 Å². The number of pyridine rings is 1. The summed E-state index contributed by atoms with van der Waals surface area (Å²) < 4.78 is 1.67. The summed E-state index contributed by atoms with van der Waals surface area (Å²) in [4.78, 5) is 27.3. The minimum Gasteiger partial charge on any atom is -0.480 e. The molecule has 6 nitrogen and oxygen atoms in total. The Hall–Kier alpha value is -2.37. The molecule has 19 heavy (non-hydrogen) atoms. The van der Waals surface area contributed by atoms with Gasteiger partial charge in [-0.3, -0.25) is 14.0 Å². The largest absolute Gasteiger partial charge is 0.480 e. The van der Waals surface area contributed by atoms with Crippen LogP contribution in [0.2, 0.25) is 0 Å². The van der Waals surface area contributed by atoms with Crippen LogP contribution in [0.25, 0.3) is 5.65 Å². The molecule has 0 radical (unpaired) electrons. The number of aryl methyl sites for hydroxylation is 1. The molecule has 0 aliphatic carbocycles. The standard InChI is InChI=1S/C13H15N3O3/c1-3-9-11(12(17)14-8(2)13(18)19)16-7-5-4-6-10(16)15-9/h4-8H,3H2,1-2H3,(H,14,17)(H,18,19). The SMILES string of the molecule is CCc1nc2ccccn2c1C(=O)NC(C)C(=O)O. The van der Waals surface area contributed by atoms with Crippen molar-refractivity contribution in [3.8, 4) is 0 Å². The van der Waals surface area contributed by atoms with E-state index in [0.717, 1.165) is 0 Å². The van der Waals surface area contributed by atoms with Crippen molar-refractivity contribution in [3.63, 3.8) is 0 Å². The fraction of sp³-hybridized carbons (Fsp3) is 0.308. The van der Waals surface area contributed by atoms with Gasteiger partial charge in [0.2, 0.25) is 0 Å². The number of aliphatic carboxylic acids is 1. The number of carboxylic acid groups (broad SMARTS) is 1. The lowest BCUT2D eigenvalue weighted by atomic mass is 10.2. The maximum absolute atomic E-state index is 12.2. The number of imidazole rings is 1. The van der Waals surface area contributed by atoms with Crippen molar-refractivity contribution >= 4 is 17.5 Å². The molecule has 1 atom stereocenters. The molecule has 0 aliphatic heterocycles. The van der Waals surface area contributed by atoms with E-state index in [4.69, 9.17) is 5.11 Å². The van der Waals surface area contributed by atoms with Crippen LogP contribution in [-0.2, 0) is 11.2 Å². The number of nitrogens with one attached hydrogen (secondary N) is 1. The highest BCUT2D eigenvalue weighted by Crippen LogP contribution is 2.13. The minimum absolute atomic E-state index is 0.395. The molecule has 0 spiro atoms. The van der Waals surface area contributed by atoms with E-state index >= 15 is 0 Å². The predicted octanol–water partition coefficient (Wildman–Crippen LogP) is 1.10. The van der Waals surface area contributed by atoms with Gasteiger partial charge < -0.3 is 10.4 Å². The molecular weight excluding hydrogens is 246 g/mol. The Kier molecular flexibility index (Phi) is 3.50. The summed E-state index contributed by atoms with van der Waals surface area (Å²) in [5.74, 6) is -1.49. The highest BCUT2D eigenvalue weighted by Gasteiger charge is 2.21. The van der Waals surface area contributed by atoms with E-state index in [1.54, 1.807) is 22.7 Å². The molecule has 2 N–H and O–H groups in total. The molecule has 0 aromatic carbocycles. The number of carbonyl (C=O) groups excluding carboxylic acids is 1. The fourth-order valence-corrected chi connectivity index (χ4v) is 1.86. The van der Waals surface area contributed by atoms with E-state index in [1.165, 1.54) is 6.92 Å². The van der Waals surface area contributed by atoms with E-state index in [0.29, 0.717) is 23.5 Å². The lowest BCUT2D eigenvalue weighted by Crippen LogP contribution is -2.39. The zero-order valence-corrected chi connectivity index (χ0v) is 10.8. The summed E-state index contributed by atoms with van der Waals surface area (Å²) in [6.07, 6.45) is 2.34. The lowest BCUT2D eigenvalue weighted by Gasteiger charge is -2.09. The first kappa shape index (κ1) is 13.1. The summed E-state index contributed by atoms with van der Waals surface area (Å²) >= 11 is 0. The second-order valence-electron chi connectivity index (χ2n) is 4.22. The van der Waals surface area contributed by atoms with Crippen molar-refractivity contribution in [3.05, 3.63) is 35.8 Å². The van der Waals surface area contributed by atoms with E-state index in [2.05, 4.69) is 10.3 Å². The average Bonchev–Trinajstić information content (AvgIpc) is 2.76. The third-order valence-electron chi connectivity index (χ3n) is 2.87. The quantitative estimate of drug-likeness (QED) is 0.863. The van der Waals surface area contributed by atoms with Gasteiger partial charge in [-0.05, 0) is 25.5 Å². The van der Waals surface area contributed by atoms with Crippen LogP contribution in [0.4, 0.5) is 0 Å². The van der Waals surface area contributed by atoms with Crippen LogP contribution in [0.15, 0.2) is 24.4 Å². The summed E-state index contributed by atoms with van der Waals surface area (Å²) in [5.41, 5.74) is 1.72. The Bertz CT molecular complexity index is 633. The van der Waals surface area contributed by atoms with Crippen molar-refractivity contribution in [2.75, 3.05) is 0 Å². The van der Waals surface area contributed by atoms with Gasteiger partial charge in [-0.1, -0.05) is 13.0 Å². The topological polar surface area (TPSA) is 83.7 Å². The highest BCUT2D eigenvalue weighted by atomic mass is 16.4. The van der Waals surface area contributed by atoms with Crippen molar-refractivity contribution in [1.82, 2.24) is 14.7 Å². The molecule has 6 heteroatoms. The number of carboxylic acids is 1. The number of hydrogen-bond donors (Lipinski definition) is 2. The molecule has 0 saturated carbocycles. The van der Waals surface area contributed by atoms with Gasteiger partial charge in [0.15, 0.2) is 0 Å². The third kappa shape index (κ3) is 2.42. The predicted molar refractivity (Wildman–Crippen MR) is 69.1 cm³/mol. The Morgan fingerprint density at radius 3 is 2.84 bits per heavy atom. The van der Waals surface area contributed by atoms with Crippen molar-refractivity contribution in [1.29, 1.82) is 0 Å². The summed E-state index contributed by atoms with van der Waals surface area (Å²) in [6.45, 7) is 3.33. The molecule has 1 unspecified atom stereocenters. The number of hydrogen-bond acceptors (Lipinski definition) is 3. The van der Waals surface area contributed by atoms with Crippen LogP contribution in [0.3, 0.4) is 0 Å². The Morgan fingerprint density at radius 2 is 2.21 bits per heavy atom. The van der Waals surface area contributed by atoms with Gasteiger partial charge in [-0.2, -0.15) is 0 Å². The fourth-order valence-electron chi connectivity index (χ4n) is 1.86. The molecule has 2 aromatic rings. The molecule has 1 amide bonds. The van der Waals surface area contributed by atoms with Gasteiger partial charge in [0.05, 0.1) is 5.69 Å². The first-order valence-electron chi connectivity index (χ1n) is 6.04. The molecule has 2 rings (SSSR count). The van der Waals surface area contributed by atoms with Gasteiger partial charge in [0, 0.05) is 6.20 Å². The highest BCUT2D eigenvalue weighted by molar-refractivity contribution is 5.96. The number of carbonyl (C=O) groups is 2. The van der Waals surface area contributed by atoms with Gasteiger partial charge in [-0.25, -0.2) is 4.98 Å². The second kappa shape index (κ2) is 5.09. The second-order valence-corrected chi connectivity index (χ2v) is 4.22. The molecule has 0 fully saturated rings. The van der Waals surface area contributed by atoms with Gasteiger partial charge in [0.1, 0.15) is 17.4 Å². The normalized spacial score (nSPS) is 12.3. The Morgan fingerprint density at radius 1 is 1.47 bits per heavy atom. The van der Waals surface area contributed by atoms with E-state index in [-0.39, 0.29) is 0 Å². The van der Waals surface area contributed by atoms with Gasteiger partial charge in [-0.15, -0.1) is 0 Å². The molecule has 0 aliphatic rings. The van der Waals surface area contributed by atoms with Crippen LogP contribution in [0, 0.1) is 0 Å². The molecule has 0 saturated heterocycles. The molecular formula is C13H15N3O3. The summed E-state index contributed by atoms with van der Waals surface area (Å²) in [7, 11) is 0. The van der Waals surface area contributed by atoms with Gasteiger partial charge in [0.25, 0.3) is 5.91 Å². The first-order chi connectivity index (χ1) is 9.04. The Labute approximate surface area is 110 Å². The zero-order valence-electron chi connectivity index (χ0n) is 10.8. The monoisotopic (exact) mass is 261 g/mol. The van der Waals surface area contributed by atoms with Gasteiger partial charge >= 0.3 is 5.97 Å². The minimum atomic E-state index is -1.07. The van der Waals surface area contributed by atoms with Crippen LogP contribution in [-0.4, -0.2) is 32.4 Å². The number of fused-ring (bicyclic) bond motifs is 1. The lowest BCUT2D eigenvalue weighted by molar-refractivity contribution is -0.138. The number of nitrogens with zero attached hydrogens (tertiary/aromatic N) is 2. The Balaban J connectivity index is 2.43. The van der Waals surface area contributed by atoms with Crippen LogP contribution >= 0.6 is 0 Å². The average molecular weight is 261 g/mol. The van der Waals surface area contributed by atoms with E-state index in [1.807, 2.05) is 13.0 Å².